The molecule has 0 aliphatic carbocycles. The summed E-state index contributed by atoms with van der Waals surface area (Å²) in [4.78, 5) is 5.38. The molecule has 6 saturated heterocycles. The summed E-state index contributed by atoms with van der Waals surface area (Å²) in [5.74, 6) is 2.14. The van der Waals surface area contributed by atoms with Crippen molar-refractivity contribution in [3.8, 4) is 11.5 Å². The molecule has 0 amide bonds. The molecule has 8 aliphatic heterocycles. The summed E-state index contributed by atoms with van der Waals surface area (Å²) in [6.45, 7) is 21.8. The van der Waals surface area contributed by atoms with Gasteiger partial charge in [-0.25, -0.2) is 0 Å². The fraction of sp³-hybridized carbons (Fsp3) is 0.727. The van der Waals surface area contributed by atoms with E-state index in [9.17, 15) is 0 Å². The van der Waals surface area contributed by atoms with Crippen molar-refractivity contribution in [1.82, 2.24) is 9.80 Å². The lowest BCUT2D eigenvalue weighted by Crippen LogP contribution is -2.41. The van der Waals surface area contributed by atoms with E-state index in [4.69, 9.17) is 28.1 Å². The largest absolute Gasteiger partial charge is 0.494 e. The van der Waals surface area contributed by atoms with Crippen LogP contribution >= 0.6 is 0 Å². The van der Waals surface area contributed by atoms with Gasteiger partial charge in [0, 0.05) is 44.3 Å². The molecule has 0 radical (unpaired) electrons. The van der Waals surface area contributed by atoms with E-state index in [1.165, 1.54) is 95.1 Å². The Labute approximate surface area is 325 Å². The summed E-state index contributed by atoms with van der Waals surface area (Å²) in [5, 5.41) is 0. The first-order chi connectivity index (χ1) is 25.5. The van der Waals surface area contributed by atoms with Gasteiger partial charge < -0.3 is 37.9 Å². The normalized spacial score (nSPS) is 34.4. The van der Waals surface area contributed by atoms with Gasteiger partial charge in [-0.05, 0) is 161 Å². The van der Waals surface area contributed by atoms with Crippen molar-refractivity contribution in [3.63, 3.8) is 0 Å². The van der Waals surface area contributed by atoms with E-state index in [2.05, 4.69) is 102 Å². The first kappa shape index (κ1) is 37.5. The predicted molar refractivity (Wildman–Crippen MR) is 215 cm³/mol. The van der Waals surface area contributed by atoms with Crippen LogP contribution in [0.15, 0.2) is 36.4 Å². The highest BCUT2D eigenvalue weighted by Gasteiger charge is 2.54. The molecular formula is C44H64B2N2O6. The molecular weight excluding hydrogens is 674 g/mol. The second kappa shape index (κ2) is 13.2. The Hall–Kier alpha value is -2.07. The maximum Gasteiger partial charge on any atom is 0.494 e. The minimum absolute atomic E-state index is 0.000640. The van der Waals surface area contributed by atoms with Crippen LogP contribution in [0.3, 0.4) is 0 Å². The van der Waals surface area contributed by atoms with E-state index < -0.39 is 0 Å². The molecule has 8 heterocycles. The summed E-state index contributed by atoms with van der Waals surface area (Å²) in [5.41, 5.74) is 3.67. The van der Waals surface area contributed by atoms with Crippen LogP contribution < -0.4 is 20.4 Å². The molecule has 10 heteroatoms. The number of fused-ring (bicyclic) bond motifs is 4. The Morgan fingerprint density at radius 1 is 0.519 bits per heavy atom. The van der Waals surface area contributed by atoms with Gasteiger partial charge in [0.2, 0.25) is 0 Å². The van der Waals surface area contributed by atoms with E-state index in [0.717, 1.165) is 47.7 Å². The molecule has 0 saturated carbocycles. The van der Waals surface area contributed by atoms with Crippen LogP contribution in [0.2, 0.25) is 0 Å². The molecule has 4 unspecified atom stereocenters. The number of rotatable bonds is 2. The van der Waals surface area contributed by atoms with Gasteiger partial charge in [-0.2, -0.15) is 0 Å². The van der Waals surface area contributed by atoms with Crippen molar-refractivity contribution in [2.45, 2.75) is 178 Å². The molecule has 2 aromatic carbocycles. The third kappa shape index (κ3) is 6.66. The molecule has 8 aliphatic rings. The second-order valence-electron chi connectivity index (χ2n) is 20.1. The number of ether oxygens (including phenoxy) is 2. The van der Waals surface area contributed by atoms with E-state index in [0.29, 0.717) is 6.04 Å². The number of hydrogen-bond donors (Lipinski definition) is 0. The van der Waals surface area contributed by atoms with Crippen LogP contribution in [-0.4, -0.2) is 95.9 Å². The molecule has 2 aromatic rings. The van der Waals surface area contributed by atoms with Crippen molar-refractivity contribution < 1.29 is 28.1 Å². The van der Waals surface area contributed by atoms with Gasteiger partial charge >= 0.3 is 14.2 Å². The zero-order valence-corrected chi connectivity index (χ0v) is 34.4. The lowest BCUT2D eigenvalue weighted by Gasteiger charge is -2.32. The predicted octanol–water partition coefficient (Wildman–Crippen LogP) is 6.62. The van der Waals surface area contributed by atoms with Crippen LogP contribution in [0, 0.1) is 0 Å². The maximum absolute atomic E-state index is 6.61. The van der Waals surface area contributed by atoms with Crippen LogP contribution in [0.4, 0.5) is 0 Å². The molecule has 54 heavy (non-hydrogen) atoms. The summed E-state index contributed by atoms with van der Waals surface area (Å²) < 4.78 is 38.2. The molecule has 4 atom stereocenters. The van der Waals surface area contributed by atoms with Crippen LogP contribution in [0.25, 0.3) is 0 Å². The summed E-state index contributed by atoms with van der Waals surface area (Å²) in [6, 6.07) is 14.6. The van der Waals surface area contributed by atoms with E-state index in [1.54, 1.807) is 0 Å². The van der Waals surface area contributed by atoms with Crippen molar-refractivity contribution in [3.05, 3.63) is 47.5 Å². The molecule has 6 fully saturated rings. The van der Waals surface area contributed by atoms with Crippen molar-refractivity contribution in [2.24, 2.45) is 0 Å². The summed E-state index contributed by atoms with van der Waals surface area (Å²) >= 11 is 0. The molecule has 0 N–H and O–H groups in total. The quantitative estimate of drug-likeness (QED) is 0.319. The highest BCUT2D eigenvalue weighted by atomic mass is 16.7. The average molecular weight is 739 g/mol. The molecule has 8 nitrogen and oxygen atoms in total. The molecule has 0 bridgehead atoms. The third-order valence-electron chi connectivity index (χ3n) is 15.4. The maximum atomic E-state index is 6.61. The lowest BCUT2D eigenvalue weighted by atomic mass is 9.77. The Balaban J connectivity index is 0.000000142. The minimum atomic E-state index is -0.304. The van der Waals surface area contributed by atoms with Gasteiger partial charge in [-0.3, -0.25) is 0 Å². The Morgan fingerprint density at radius 2 is 1.00 bits per heavy atom. The molecule has 0 aromatic heterocycles. The van der Waals surface area contributed by atoms with Crippen LogP contribution in [-0.2, 0) is 31.5 Å². The lowest BCUT2D eigenvalue weighted by molar-refractivity contribution is 0.00578. The first-order valence-electron chi connectivity index (χ1n) is 21.4. The van der Waals surface area contributed by atoms with Crippen molar-refractivity contribution in [2.75, 3.05) is 26.2 Å². The minimum Gasteiger partial charge on any atom is -0.487 e. The van der Waals surface area contributed by atoms with Crippen LogP contribution in [0.1, 0.15) is 131 Å². The topological polar surface area (TPSA) is 61.9 Å². The molecule has 2 spiro atoms. The Bertz CT molecular complexity index is 1700. The van der Waals surface area contributed by atoms with Gasteiger partial charge in [0.05, 0.1) is 22.4 Å². The highest BCUT2D eigenvalue weighted by Crippen LogP contribution is 2.46. The first-order valence-corrected chi connectivity index (χ1v) is 21.4. The van der Waals surface area contributed by atoms with Crippen molar-refractivity contribution in [1.29, 1.82) is 0 Å². The van der Waals surface area contributed by atoms with Gasteiger partial charge in [0.15, 0.2) is 0 Å². The SMILES string of the molecule is CC1(C)OB(c2ccc3c(c2)CC2(CCC4CCCN4CC2)O3)OC1(C)C.CC1(C)OB(c2ccc3c(c2)CC2(CCCN4CCCC4C2)O3)OC1(C)C. The third-order valence-corrected chi connectivity index (χ3v) is 15.4. The number of hydrogen-bond acceptors (Lipinski definition) is 8. The zero-order valence-electron chi connectivity index (χ0n) is 34.4. The van der Waals surface area contributed by atoms with Gasteiger partial charge in [0.1, 0.15) is 22.7 Å². The summed E-state index contributed by atoms with van der Waals surface area (Å²) in [7, 11) is -0.590. The van der Waals surface area contributed by atoms with Crippen LogP contribution in [0.5, 0.6) is 11.5 Å². The molecule has 10 rings (SSSR count). The highest BCUT2D eigenvalue weighted by molar-refractivity contribution is 6.62. The average Bonchev–Trinajstić information content (AvgIpc) is 3.92. The fourth-order valence-electron chi connectivity index (χ4n) is 10.7. The molecule has 292 valence electrons. The van der Waals surface area contributed by atoms with Crippen molar-refractivity contribution >= 4 is 25.2 Å². The van der Waals surface area contributed by atoms with Gasteiger partial charge in [-0.15, -0.1) is 0 Å². The van der Waals surface area contributed by atoms with Gasteiger partial charge in [-0.1, -0.05) is 24.3 Å². The Morgan fingerprint density at radius 3 is 1.57 bits per heavy atom. The fourth-order valence-corrected chi connectivity index (χ4v) is 10.7. The van der Waals surface area contributed by atoms with Gasteiger partial charge in [0.25, 0.3) is 0 Å². The van der Waals surface area contributed by atoms with E-state index in [1.807, 2.05) is 0 Å². The van der Waals surface area contributed by atoms with E-state index >= 15 is 0 Å². The number of benzene rings is 2. The monoisotopic (exact) mass is 738 g/mol. The standard InChI is InChI=1S/2C22H32BNO3/c1-20(2)21(3,4)27-23(26-20)17-8-9-19-16(13-17)14-22(25-19)10-6-12-24-11-5-7-18(24)15-22;1-20(2)21(3,4)27-23(26-20)17-7-8-19-16(14-17)15-22(25-19)10-9-18-6-5-12-24(18)13-11-22/h8-9,13,18H,5-7,10-12,14-15H2,1-4H3;7-8,14,18H,5-6,9-13,15H2,1-4H3. The summed E-state index contributed by atoms with van der Waals surface area (Å²) in [6.07, 6.45) is 14.7. The zero-order chi connectivity index (χ0) is 37.7. The number of nitrogens with zero attached hydrogens (tertiary/aromatic N) is 2. The smallest absolute Gasteiger partial charge is 0.487 e. The van der Waals surface area contributed by atoms with E-state index in [-0.39, 0.29) is 47.8 Å². The Kier molecular flexibility index (Phi) is 9.19. The second-order valence-corrected chi connectivity index (χ2v) is 20.1.